The Morgan fingerprint density at radius 2 is 1.89 bits per heavy atom. The van der Waals surface area contributed by atoms with Gasteiger partial charge in [-0.25, -0.2) is 14.4 Å². The van der Waals surface area contributed by atoms with Crippen molar-refractivity contribution < 1.29 is 26.9 Å². The number of nitrogens with one attached hydrogen (secondary N) is 1. The summed E-state index contributed by atoms with van der Waals surface area (Å²) in [4.78, 5) is 25.2. The van der Waals surface area contributed by atoms with E-state index in [1.807, 2.05) is 12.2 Å². The van der Waals surface area contributed by atoms with E-state index in [2.05, 4.69) is 25.4 Å². The molecule has 35 heavy (non-hydrogen) atoms. The lowest BCUT2D eigenvalue weighted by molar-refractivity contribution is -0.165. The van der Waals surface area contributed by atoms with Gasteiger partial charge in [-0.15, -0.1) is 0 Å². The summed E-state index contributed by atoms with van der Waals surface area (Å²) in [5.74, 6) is -1.12. The Balaban J connectivity index is 1.22. The van der Waals surface area contributed by atoms with Crippen molar-refractivity contribution in [3.05, 3.63) is 71.8 Å². The maximum absolute atomic E-state index is 14.7. The number of hydrogen-bond acceptors (Lipinski definition) is 6. The number of benzene rings is 1. The molecule has 2 aromatic heterocycles. The molecule has 1 fully saturated rings. The highest BCUT2D eigenvalue weighted by molar-refractivity contribution is 5.97. The molecule has 3 heterocycles. The van der Waals surface area contributed by atoms with Gasteiger partial charge in [0.2, 0.25) is 5.91 Å². The van der Waals surface area contributed by atoms with Crippen LogP contribution in [0.3, 0.4) is 0 Å². The first-order valence-electron chi connectivity index (χ1n) is 10.9. The standard InChI is InChI=1S/C24H19F4N5O2/c25-18-8-14(16-12-30-20(31-13-16)10-17-2-1-7-29-17)3-4-15(18)9-22(34)32-21-11-19(35-33-21)23(5-6-23)24(26,27)28/h1-4,8,11-13H,5-7,9-10H2,(H,32,33,34). The first kappa shape index (κ1) is 22.9. The number of rotatable bonds is 7. The molecule has 3 aromatic rings. The van der Waals surface area contributed by atoms with E-state index >= 15 is 0 Å². The number of halogens is 4. The van der Waals surface area contributed by atoms with Crippen molar-refractivity contribution in [2.24, 2.45) is 4.99 Å². The lowest BCUT2D eigenvalue weighted by Gasteiger charge is -2.14. The zero-order valence-corrected chi connectivity index (χ0v) is 18.3. The van der Waals surface area contributed by atoms with Crippen LogP contribution in [-0.2, 0) is 23.1 Å². The molecular weight excluding hydrogens is 466 g/mol. The number of carbonyl (C=O) groups excluding carboxylic acids is 1. The highest BCUT2D eigenvalue weighted by Gasteiger charge is 2.66. The Hall–Kier alpha value is -3.89. The normalized spacial score (nSPS) is 16.3. The van der Waals surface area contributed by atoms with Gasteiger partial charge in [0.1, 0.15) is 17.1 Å². The molecule has 1 aliphatic carbocycles. The van der Waals surface area contributed by atoms with Gasteiger partial charge in [0, 0.05) is 36.2 Å². The van der Waals surface area contributed by atoms with Crippen molar-refractivity contribution in [1.82, 2.24) is 15.1 Å². The Morgan fingerprint density at radius 3 is 2.51 bits per heavy atom. The van der Waals surface area contributed by atoms with Gasteiger partial charge in [0.15, 0.2) is 11.6 Å². The lowest BCUT2D eigenvalue weighted by Crippen LogP contribution is -2.28. The zero-order chi connectivity index (χ0) is 24.6. The summed E-state index contributed by atoms with van der Waals surface area (Å²) < 4.78 is 59.1. The van der Waals surface area contributed by atoms with Crippen LogP contribution in [0.1, 0.15) is 30.0 Å². The topological polar surface area (TPSA) is 93.3 Å². The minimum atomic E-state index is -4.45. The minimum absolute atomic E-state index is 0.0863. The molecule has 1 aliphatic heterocycles. The quantitative estimate of drug-likeness (QED) is 0.494. The van der Waals surface area contributed by atoms with Gasteiger partial charge >= 0.3 is 6.18 Å². The number of amides is 1. The number of allylic oxidation sites excluding steroid dienone is 1. The number of hydrogen-bond donors (Lipinski definition) is 1. The number of nitrogens with zero attached hydrogens (tertiary/aromatic N) is 4. The van der Waals surface area contributed by atoms with Gasteiger partial charge in [0.25, 0.3) is 0 Å². The fourth-order valence-electron chi connectivity index (χ4n) is 3.87. The van der Waals surface area contributed by atoms with Crippen molar-refractivity contribution in [2.45, 2.75) is 37.3 Å². The van der Waals surface area contributed by atoms with Gasteiger partial charge in [-0.1, -0.05) is 23.4 Å². The van der Waals surface area contributed by atoms with Crippen LogP contribution < -0.4 is 5.32 Å². The van der Waals surface area contributed by atoms with E-state index in [1.165, 1.54) is 12.1 Å². The van der Waals surface area contributed by atoms with Gasteiger partial charge < -0.3 is 9.84 Å². The van der Waals surface area contributed by atoms with Crippen molar-refractivity contribution >= 4 is 17.4 Å². The molecule has 0 radical (unpaired) electrons. The third-order valence-electron chi connectivity index (χ3n) is 6.03. The molecule has 5 rings (SSSR count). The van der Waals surface area contributed by atoms with E-state index in [4.69, 9.17) is 4.52 Å². The maximum atomic E-state index is 14.7. The summed E-state index contributed by atoms with van der Waals surface area (Å²) in [5.41, 5.74) is 0.142. The summed E-state index contributed by atoms with van der Waals surface area (Å²) in [6.45, 7) is 0.662. The number of aliphatic imine (C=N–C) groups is 1. The Morgan fingerprint density at radius 1 is 1.11 bits per heavy atom. The van der Waals surface area contributed by atoms with Crippen LogP contribution in [0.15, 0.2) is 58.3 Å². The first-order valence-corrected chi connectivity index (χ1v) is 10.9. The molecule has 1 N–H and O–H groups in total. The smallest absolute Gasteiger partial charge is 0.358 e. The lowest BCUT2D eigenvalue weighted by atomic mass is 10.0. The zero-order valence-electron chi connectivity index (χ0n) is 18.3. The number of aromatic nitrogens is 3. The van der Waals surface area contributed by atoms with E-state index in [9.17, 15) is 22.4 Å². The van der Waals surface area contributed by atoms with Gasteiger partial charge in [0.05, 0.1) is 13.0 Å². The average Bonchev–Trinajstić information content (AvgIpc) is 3.25. The number of carbonyl (C=O) groups is 1. The monoisotopic (exact) mass is 485 g/mol. The van der Waals surface area contributed by atoms with Gasteiger partial charge in [-0.3, -0.25) is 9.79 Å². The summed E-state index contributed by atoms with van der Waals surface area (Å²) in [6.07, 6.45) is 2.63. The van der Waals surface area contributed by atoms with Crippen LogP contribution in [-0.4, -0.2) is 39.5 Å². The molecule has 180 valence electrons. The fourth-order valence-corrected chi connectivity index (χ4v) is 3.87. The van der Waals surface area contributed by atoms with Crippen LogP contribution in [0.25, 0.3) is 11.1 Å². The summed E-state index contributed by atoms with van der Waals surface area (Å²) in [6, 6.07) is 5.45. The van der Waals surface area contributed by atoms with Crippen LogP contribution in [0.2, 0.25) is 0 Å². The van der Waals surface area contributed by atoms with Crippen LogP contribution in [0, 0.1) is 5.82 Å². The van der Waals surface area contributed by atoms with E-state index in [1.54, 1.807) is 18.5 Å². The summed E-state index contributed by atoms with van der Waals surface area (Å²) in [7, 11) is 0. The predicted molar refractivity (Wildman–Crippen MR) is 118 cm³/mol. The molecule has 0 saturated heterocycles. The molecular formula is C24H19F4N5O2. The molecule has 1 aromatic carbocycles. The van der Waals surface area contributed by atoms with Crippen LogP contribution in [0.5, 0.6) is 0 Å². The van der Waals surface area contributed by atoms with E-state index in [0.29, 0.717) is 29.9 Å². The second kappa shape index (κ2) is 8.71. The van der Waals surface area contributed by atoms with E-state index in [-0.39, 0.29) is 36.4 Å². The van der Waals surface area contributed by atoms with Crippen LogP contribution in [0.4, 0.5) is 23.4 Å². The van der Waals surface area contributed by atoms with Crippen molar-refractivity contribution in [3.63, 3.8) is 0 Å². The maximum Gasteiger partial charge on any atom is 0.401 e. The molecule has 0 unspecified atom stereocenters. The Bertz CT molecular complexity index is 1320. The Kier molecular flexibility index (Phi) is 5.70. The first-order chi connectivity index (χ1) is 16.7. The SMILES string of the molecule is O=C(Cc1ccc(-c2cnc(CC3=NCC=C3)nc2)cc1F)Nc1cc(C2(C(F)(F)F)CC2)on1. The second-order valence-corrected chi connectivity index (χ2v) is 8.49. The highest BCUT2D eigenvalue weighted by Crippen LogP contribution is 2.59. The number of alkyl halides is 3. The van der Waals surface area contributed by atoms with Gasteiger partial charge in [-0.2, -0.15) is 13.2 Å². The van der Waals surface area contributed by atoms with Crippen LogP contribution >= 0.6 is 0 Å². The molecule has 2 aliphatic rings. The fraction of sp³-hybridized carbons (Fsp3) is 0.292. The Labute approximate surface area is 197 Å². The molecule has 1 saturated carbocycles. The largest absolute Gasteiger partial charge is 0.401 e. The van der Waals surface area contributed by atoms with Crippen molar-refractivity contribution in [3.8, 4) is 11.1 Å². The van der Waals surface area contributed by atoms with E-state index in [0.717, 1.165) is 11.8 Å². The molecule has 0 bridgehead atoms. The van der Waals surface area contributed by atoms with E-state index < -0.39 is 23.3 Å². The second-order valence-electron chi connectivity index (χ2n) is 8.49. The molecule has 0 spiro atoms. The molecule has 7 nitrogen and oxygen atoms in total. The third kappa shape index (κ3) is 4.71. The summed E-state index contributed by atoms with van der Waals surface area (Å²) in [5, 5.41) is 5.87. The third-order valence-corrected chi connectivity index (χ3v) is 6.03. The minimum Gasteiger partial charge on any atom is -0.358 e. The average molecular weight is 485 g/mol. The molecule has 11 heteroatoms. The highest BCUT2D eigenvalue weighted by atomic mass is 19.4. The summed E-state index contributed by atoms with van der Waals surface area (Å²) >= 11 is 0. The molecule has 1 amide bonds. The molecule has 0 atom stereocenters. The number of anilines is 1. The van der Waals surface area contributed by atoms with Crippen molar-refractivity contribution in [1.29, 1.82) is 0 Å². The van der Waals surface area contributed by atoms with Crippen molar-refractivity contribution in [2.75, 3.05) is 11.9 Å². The predicted octanol–water partition coefficient (Wildman–Crippen LogP) is 4.60. The van der Waals surface area contributed by atoms with Gasteiger partial charge in [-0.05, 0) is 36.1 Å².